The lowest BCUT2D eigenvalue weighted by Gasteiger charge is -2.36. The second-order valence-electron chi connectivity index (χ2n) is 5.68. The molecule has 1 unspecified atom stereocenters. The summed E-state index contributed by atoms with van der Waals surface area (Å²) in [6, 6.07) is 4.80. The van der Waals surface area contributed by atoms with E-state index in [9.17, 15) is 8.42 Å². The second-order valence-corrected chi connectivity index (χ2v) is 8.06. The number of hydrogen-bond donors (Lipinski definition) is 0. The van der Waals surface area contributed by atoms with Crippen LogP contribution in [0.5, 0.6) is 0 Å². The van der Waals surface area contributed by atoms with Crippen molar-refractivity contribution in [3.8, 4) is 0 Å². The number of ether oxygens (including phenoxy) is 2. The van der Waals surface area contributed by atoms with E-state index in [2.05, 4.69) is 8.75 Å². The third kappa shape index (κ3) is 2.66. The number of nitrogens with zero attached hydrogens (tertiary/aromatic N) is 3. The van der Waals surface area contributed by atoms with E-state index in [1.54, 1.807) is 18.2 Å². The molecule has 0 amide bonds. The molecule has 124 valence electrons. The summed E-state index contributed by atoms with van der Waals surface area (Å²) in [5, 5.41) is 0. The smallest absolute Gasteiger partial charge is 0.245 e. The van der Waals surface area contributed by atoms with Gasteiger partial charge in [0.1, 0.15) is 15.9 Å². The van der Waals surface area contributed by atoms with Crippen LogP contribution in [0.25, 0.3) is 11.0 Å². The van der Waals surface area contributed by atoms with Crippen LogP contribution in [-0.4, -0.2) is 53.6 Å². The minimum atomic E-state index is -3.67. The first kappa shape index (κ1) is 15.4. The quantitative estimate of drug-likeness (QED) is 0.832. The number of rotatable bonds is 3. The van der Waals surface area contributed by atoms with Crippen molar-refractivity contribution in [2.75, 3.05) is 19.8 Å². The highest BCUT2D eigenvalue weighted by atomic mass is 32.2. The summed E-state index contributed by atoms with van der Waals surface area (Å²) in [5.74, 6) is 0. The van der Waals surface area contributed by atoms with E-state index in [0.29, 0.717) is 30.8 Å². The fourth-order valence-electron chi connectivity index (χ4n) is 3.22. The largest absolute Gasteiger partial charge is 0.349 e. The zero-order valence-electron chi connectivity index (χ0n) is 12.4. The van der Waals surface area contributed by atoms with E-state index in [1.165, 1.54) is 4.31 Å². The summed E-state index contributed by atoms with van der Waals surface area (Å²) in [5.41, 5.74) is 1.05. The van der Waals surface area contributed by atoms with Crippen LogP contribution < -0.4 is 0 Å². The maximum atomic E-state index is 13.2. The molecule has 1 atom stereocenters. The molecule has 2 fully saturated rings. The Kier molecular flexibility index (Phi) is 4.06. The van der Waals surface area contributed by atoms with Crippen molar-refractivity contribution in [1.29, 1.82) is 0 Å². The van der Waals surface area contributed by atoms with Gasteiger partial charge in [0.25, 0.3) is 0 Å². The van der Waals surface area contributed by atoms with Gasteiger partial charge in [-0.3, -0.25) is 0 Å². The van der Waals surface area contributed by atoms with Gasteiger partial charge >= 0.3 is 0 Å². The Labute approximate surface area is 138 Å². The fraction of sp³-hybridized carbons (Fsp3) is 0.571. The van der Waals surface area contributed by atoms with Gasteiger partial charge in [0.2, 0.25) is 10.0 Å². The molecule has 1 aromatic carbocycles. The molecule has 0 N–H and O–H groups in total. The lowest BCUT2D eigenvalue weighted by Crippen LogP contribution is -2.50. The Morgan fingerprint density at radius 2 is 2.00 bits per heavy atom. The number of hydrogen-bond acceptors (Lipinski definition) is 7. The van der Waals surface area contributed by atoms with Gasteiger partial charge in [-0.2, -0.15) is 13.1 Å². The van der Waals surface area contributed by atoms with Crippen LogP contribution in [0.3, 0.4) is 0 Å². The molecule has 23 heavy (non-hydrogen) atoms. The summed E-state index contributed by atoms with van der Waals surface area (Å²) in [6.07, 6.45) is 2.09. The molecular weight excluding hydrogens is 338 g/mol. The van der Waals surface area contributed by atoms with Gasteiger partial charge in [0, 0.05) is 6.54 Å². The van der Waals surface area contributed by atoms with Crippen molar-refractivity contribution in [1.82, 2.24) is 13.1 Å². The molecule has 0 radical (unpaired) electrons. The molecule has 1 aromatic heterocycles. The molecule has 0 spiro atoms. The number of sulfonamides is 1. The van der Waals surface area contributed by atoms with Crippen molar-refractivity contribution >= 4 is 32.8 Å². The summed E-state index contributed by atoms with van der Waals surface area (Å²) < 4.78 is 47.4. The maximum Gasteiger partial charge on any atom is 0.245 e. The summed E-state index contributed by atoms with van der Waals surface area (Å²) in [4.78, 5) is 0.216. The van der Waals surface area contributed by atoms with Gasteiger partial charge in [0.15, 0.2) is 6.29 Å². The van der Waals surface area contributed by atoms with E-state index in [1.807, 2.05) is 0 Å². The van der Waals surface area contributed by atoms with Crippen LogP contribution in [0.2, 0.25) is 0 Å². The highest BCUT2D eigenvalue weighted by Gasteiger charge is 2.41. The summed E-state index contributed by atoms with van der Waals surface area (Å²) in [6.45, 7) is 1.51. The molecule has 9 heteroatoms. The lowest BCUT2D eigenvalue weighted by atomic mass is 10.0. The first-order valence-electron chi connectivity index (χ1n) is 7.64. The lowest BCUT2D eigenvalue weighted by molar-refractivity contribution is -0.0913. The van der Waals surface area contributed by atoms with Crippen LogP contribution in [0, 0.1) is 0 Å². The zero-order valence-corrected chi connectivity index (χ0v) is 14.1. The minimum Gasteiger partial charge on any atom is -0.349 e. The monoisotopic (exact) mass is 355 g/mol. The number of benzene rings is 1. The Morgan fingerprint density at radius 3 is 2.83 bits per heavy atom. The highest BCUT2D eigenvalue weighted by molar-refractivity contribution is 7.89. The molecule has 0 bridgehead atoms. The summed E-state index contributed by atoms with van der Waals surface area (Å²) >= 11 is 1.02. The van der Waals surface area contributed by atoms with Crippen molar-refractivity contribution in [3.05, 3.63) is 18.2 Å². The molecule has 4 rings (SSSR count). The predicted octanol–water partition coefficient (Wildman–Crippen LogP) is 1.61. The van der Waals surface area contributed by atoms with Gasteiger partial charge in [-0.1, -0.05) is 12.5 Å². The average molecular weight is 355 g/mol. The van der Waals surface area contributed by atoms with Gasteiger partial charge in [-0.05, 0) is 25.0 Å². The molecular formula is C14H17N3O4S2. The minimum absolute atomic E-state index is 0.216. The molecule has 2 aliphatic heterocycles. The zero-order chi connectivity index (χ0) is 15.9. The first-order valence-corrected chi connectivity index (χ1v) is 9.81. The van der Waals surface area contributed by atoms with Crippen LogP contribution in [0.1, 0.15) is 19.3 Å². The second kappa shape index (κ2) is 6.06. The number of piperidine rings is 1. The van der Waals surface area contributed by atoms with Crippen molar-refractivity contribution in [2.24, 2.45) is 0 Å². The molecule has 0 saturated carbocycles. The standard InChI is InChI=1S/C14H17N3O4S2/c18-23(19,12-6-3-4-10-13(12)16-22-15-10)17-7-2-1-5-11(17)14-20-8-9-21-14/h3-4,6,11,14H,1-2,5,7-9H2. The Balaban J connectivity index is 1.75. The van der Waals surface area contributed by atoms with Crippen molar-refractivity contribution in [2.45, 2.75) is 36.5 Å². The molecule has 0 aliphatic carbocycles. The van der Waals surface area contributed by atoms with Gasteiger partial charge < -0.3 is 9.47 Å². The Hall–Kier alpha value is -1.13. The van der Waals surface area contributed by atoms with Crippen molar-refractivity contribution < 1.29 is 17.9 Å². The van der Waals surface area contributed by atoms with Gasteiger partial charge in [0.05, 0.1) is 31.0 Å². The molecule has 7 nitrogen and oxygen atoms in total. The first-order chi connectivity index (χ1) is 11.2. The van der Waals surface area contributed by atoms with Gasteiger partial charge in [-0.25, -0.2) is 8.42 Å². The van der Waals surface area contributed by atoms with E-state index in [-0.39, 0.29) is 10.9 Å². The van der Waals surface area contributed by atoms with Crippen LogP contribution in [0.15, 0.2) is 23.1 Å². The van der Waals surface area contributed by atoms with E-state index < -0.39 is 16.3 Å². The van der Waals surface area contributed by atoms with Crippen LogP contribution in [-0.2, 0) is 19.5 Å². The molecule has 2 saturated heterocycles. The fourth-order valence-corrected chi connectivity index (χ4v) is 5.65. The maximum absolute atomic E-state index is 13.2. The van der Waals surface area contributed by atoms with Crippen LogP contribution in [0.4, 0.5) is 0 Å². The summed E-state index contributed by atoms with van der Waals surface area (Å²) in [7, 11) is -3.67. The molecule has 2 aliphatic rings. The third-order valence-corrected chi connectivity index (χ3v) is 6.79. The molecule has 3 heterocycles. The number of aromatic nitrogens is 2. The Bertz CT molecular complexity index is 801. The van der Waals surface area contributed by atoms with Crippen LogP contribution >= 0.6 is 11.7 Å². The van der Waals surface area contributed by atoms with Gasteiger partial charge in [-0.15, -0.1) is 0 Å². The third-order valence-electron chi connectivity index (χ3n) is 4.30. The van der Waals surface area contributed by atoms with E-state index in [4.69, 9.17) is 9.47 Å². The Morgan fingerprint density at radius 1 is 1.17 bits per heavy atom. The van der Waals surface area contributed by atoms with E-state index >= 15 is 0 Å². The average Bonchev–Trinajstić information content (AvgIpc) is 3.25. The predicted molar refractivity (Wildman–Crippen MR) is 84.6 cm³/mol. The number of fused-ring (bicyclic) bond motifs is 1. The van der Waals surface area contributed by atoms with Crippen molar-refractivity contribution in [3.63, 3.8) is 0 Å². The highest BCUT2D eigenvalue weighted by Crippen LogP contribution is 2.32. The van der Waals surface area contributed by atoms with E-state index in [0.717, 1.165) is 31.0 Å². The molecule has 2 aromatic rings. The normalized spacial score (nSPS) is 24.4. The topological polar surface area (TPSA) is 81.6 Å². The SMILES string of the molecule is O=S(=O)(c1cccc2nsnc12)N1CCCCC1C1OCCO1.